The molecule has 0 aromatic heterocycles. The van der Waals surface area contributed by atoms with Crippen LogP contribution in [0.1, 0.15) is 39.0 Å². The van der Waals surface area contributed by atoms with Gasteiger partial charge in [-0.25, -0.2) is 8.42 Å². The summed E-state index contributed by atoms with van der Waals surface area (Å²) in [6.07, 6.45) is 3.42. The normalized spacial score (nSPS) is 29.1. The first kappa shape index (κ1) is 21.6. The van der Waals surface area contributed by atoms with Gasteiger partial charge in [-0.2, -0.15) is 9.57 Å². The second-order valence-electron chi connectivity index (χ2n) is 8.74. The molecule has 4 rings (SSSR count). The molecule has 2 aliphatic heterocycles. The number of benzene rings is 1. The monoisotopic (exact) mass is 450 g/mol. The van der Waals surface area contributed by atoms with Gasteiger partial charge in [0.15, 0.2) is 0 Å². The van der Waals surface area contributed by atoms with Gasteiger partial charge in [0.25, 0.3) is 0 Å². The van der Waals surface area contributed by atoms with E-state index >= 15 is 0 Å². The van der Waals surface area contributed by atoms with Crippen molar-refractivity contribution in [3.05, 3.63) is 29.3 Å². The van der Waals surface area contributed by atoms with E-state index in [0.29, 0.717) is 43.3 Å². The predicted molar refractivity (Wildman–Crippen MR) is 113 cm³/mol. The van der Waals surface area contributed by atoms with Crippen molar-refractivity contribution in [1.82, 2.24) is 9.21 Å². The van der Waals surface area contributed by atoms with Crippen LogP contribution in [0.3, 0.4) is 0 Å². The molecule has 1 aromatic carbocycles. The molecule has 1 amide bonds. The van der Waals surface area contributed by atoms with Crippen LogP contribution in [0.4, 0.5) is 0 Å². The van der Waals surface area contributed by atoms with Crippen molar-refractivity contribution in [2.75, 3.05) is 13.1 Å². The number of amides is 1. The van der Waals surface area contributed by atoms with Crippen molar-refractivity contribution < 1.29 is 13.2 Å². The largest absolute Gasteiger partial charge is 0.322 e. The Bertz CT molecular complexity index is 967. The lowest BCUT2D eigenvalue weighted by atomic mass is 9.70. The Morgan fingerprint density at radius 3 is 2.50 bits per heavy atom. The minimum absolute atomic E-state index is 0.151. The summed E-state index contributed by atoms with van der Waals surface area (Å²) in [5.41, 5.74) is 6.05. The Morgan fingerprint density at radius 1 is 1.30 bits per heavy atom. The zero-order valence-electron chi connectivity index (χ0n) is 17.0. The molecular weight excluding hydrogens is 424 g/mol. The number of carbonyl (C=O) groups is 1. The Balaban J connectivity index is 1.48. The number of halogens is 1. The number of hydrogen-bond acceptors (Lipinski definition) is 5. The number of rotatable bonds is 5. The maximum Gasteiger partial charge on any atom is 0.243 e. The summed E-state index contributed by atoms with van der Waals surface area (Å²) in [5.74, 6) is 0.289. The lowest BCUT2D eigenvalue weighted by molar-refractivity contribution is -0.137. The van der Waals surface area contributed by atoms with Gasteiger partial charge in [0.2, 0.25) is 15.9 Å². The summed E-state index contributed by atoms with van der Waals surface area (Å²) in [6, 6.07) is 7.45. The van der Waals surface area contributed by atoms with Gasteiger partial charge < -0.3 is 10.6 Å². The number of nitriles is 1. The highest BCUT2D eigenvalue weighted by Gasteiger charge is 2.56. The van der Waals surface area contributed by atoms with Crippen molar-refractivity contribution >= 4 is 27.5 Å². The van der Waals surface area contributed by atoms with Crippen molar-refractivity contribution in [3.63, 3.8) is 0 Å². The minimum Gasteiger partial charge on any atom is -0.322 e. The maximum absolute atomic E-state index is 13.3. The first-order valence-electron chi connectivity index (χ1n) is 10.5. The second kappa shape index (κ2) is 7.79. The summed E-state index contributed by atoms with van der Waals surface area (Å²) in [7, 11) is -3.62. The van der Waals surface area contributed by atoms with Gasteiger partial charge in [-0.1, -0.05) is 18.5 Å². The standard InChI is InChI=1S/C21H27ClN4O3S/c1-2-21(19(24)20(27)26-16(13-23)11-14-12-18(14)26)7-9-25(10-8-21)30(28,29)17-5-3-15(22)4-6-17/h3-6,14,16,18-19H,2,7-12,24H2,1H3/t14-,16+,18+,19-/m1/s1. The highest BCUT2D eigenvalue weighted by Crippen LogP contribution is 2.49. The van der Waals surface area contributed by atoms with E-state index in [1.165, 1.54) is 16.4 Å². The van der Waals surface area contributed by atoms with Crippen molar-refractivity contribution in [3.8, 4) is 6.07 Å². The highest BCUT2D eigenvalue weighted by atomic mass is 35.5. The molecule has 3 fully saturated rings. The number of fused-ring (bicyclic) bond motifs is 1. The van der Waals surface area contributed by atoms with E-state index in [9.17, 15) is 18.5 Å². The molecule has 1 aliphatic carbocycles. The Morgan fingerprint density at radius 2 is 1.93 bits per heavy atom. The van der Waals surface area contributed by atoms with E-state index in [-0.39, 0.29) is 22.9 Å². The van der Waals surface area contributed by atoms with Crippen LogP contribution in [0.15, 0.2) is 29.2 Å². The molecule has 2 N–H and O–H groups in total. The van der Waals surface area contributed by atoms with Crippen LogP contribution in [0.2, 0.25) is 5.02 Å². The molecule has 0 radical (unpaired) electrons. The van der Waals surface area contributed by atoms with E-state index in [0.717, 1.165) is 12.8 Å². The molecule has 9 heteroatoms. The van der Waals surface area contributed by atoms with E-state index in [4.69, 9.17) is 17.3 Å². The number of nitrogens with two attached hydrogens (primary N) is 1. The van der Waals surface area contributed by atoms with E-state index in [2.05, 4.69) is 6.07 Å². The van der Waals surface area contributed by atoms with E-state index in [1.54, 1.807) is 17.0 Å². The Hall–Kier alpha value is -1.66. The predicted octanol–water partition coefficient (Wildman–Crippen LogP) is 2.36. The molecule has 2 heterocycles. The SMILES string of the molecule is CCC1([C@H](N)C(=O)N2[C@H](C#N)C[C@@H]3C[C@@H]32)CCN(S(=O)(=O)c2ccc(Cl)cc2)CC1. The second-order valence-corrected chi connectivity index (χ2v) is 11.1. The number of nitrogens with zero attached hydrogens (tertiary/aromatic N) is 3. The molecular formula is C21H27ClN4O3S. The van der Waals surface area contributed by atoms with Crippen LogP contribution in [0, 0.1) is 22.7 Å². The number of piperidine rings is 2. The zero-order valence-corrected chi connectivity index (χ0v) is 18.6. The Labute approximate surface area is 182 Å². The van der Waals surface area contributed by atoms with Crippen LogP contribution in [-0.2, 0) is 14.8 Å². The molecule has 7 nitrogen and oxygen atoms in total. The third-order valence-electron chi connectivity index (χ3n) is 7.31. The third-order valence-corrected chi connectivity index (χ3v) is 9.47. The molecule has 1 saturated carbocycles. The zero-order chi connectivity index (χ0) is 21.7. The number of likely N-dealkylation sites (tertiary alicyclic amines) is 1. The van der Waals surface area contributed by atoms with Crippen molar-refractivity contribution in [2.45, 2.75) is 62.0 Å². The molecule has 4 atom stereocenters. The lowest BCUT2D eigenvalue weighted by Crippen LogP contribution is -2.58. The smallest absolute Gasteiger partial charge is 0.243 e. The topological polar surface area (TPSA) is 108 Å². The van der Waals surface area contributed by atoms with Gasteiger partial charge in [-0.3, -0.25) is 4.79 Å². The van der Waals surface area contributed by atoms with Gasteiger partial charge in [0.1, 0.15) is 6.04 Å². The quantitative estimate of drug-likeness (QED) is 0.740. The van der Waals surface area contributed by atoms with Gasteiger partial charge in [0, 0.05) is 24.2 Å². The van der Waals surface area contributed by atoms with E-state index < -0.39 is 21.5 Å². The van der Waals surface area contributed by atoms with E-state index in [1.807, 2.05) is 6.92 Å². The molecule has 0 spiro atoms. The van der Waals surface area contributed by atoms with Crippen LogP contribution >= 0.6 is 11.6 Å². The first-order valence-corrected chi connectivity index (χ1v) is 12.3. The molecule has 3 aliphatic rings. The van der Waals surface area contributed by atoms with Gasteiger partial charge in [-0.05, 0) is 67.7 Å². The molecule has 162 valence electrons. The molecule has 30 heavy (non-hydrogen) atoms. The minimum atomic E-state index is -3.62. The fraction of sp³-hybridized carbons (Fsp3) is 0.619. The number of carbonyl (C=O) groups excluding carboxylic acids is 1. The maximum atomic E-state index is 13.3. The summed E-state index contributed by atoms with van der Waals surface area (Å²) < 4.78 is 27.4. The average molecular weight is 451 g/mol. The summed E-state index contributed by atoms with van der Waals surface area (Å²) in [5, 5.41) is 9.90. The fourth-order valence-corrected chi connectivity index (χ4v) is 6.69. The van der Waals surface area contributed by atoms with Crippen LogP contribution in [-0.4, -0.2) is 54.7 Å². The summed E-state index contributed by atoms with van der Waals surface area (Å²) >= 11 is 5.88. The number of hydrogen-bond donors (Lipinski definition) is 1. The van der Waals surface area contributed by atoms with Crippen molar-refractivity contribution in [2.24, 2.45) is 17.1 Å². The fourth-order valence-electron chi connectivity index (χ4n) is 5.12. The van der Waals surface area contributed by atoms with Crippen LogP contribution in [0.25, 0.3) is 0 Å². The molecule has 1 aromatic rings. The molecule has 2 saturated heterocycles. The highest BCUT2D eigenvalue weighted by molar-refractivity contribution is 7.89. The van der Waals surface area contributed by atoms with Crippen molar-refractivity contribution in [1.29, 1.82) is 5.26 Å². The third kappa shape index (κ3) is 3.52. The first-order chi connectivity index (χ1) is 14.2. The number of sulfonamides is 1. The van der Waals surface area contributed by atoms with Gasteiger partial charge in [0.05, 0.1) is 17.0 Å². The van der Waals surface area contributed by atoms with Crippen LogP contribution in [0.5, 0.6) is 0 Å². The molecule has 0 unspecified atom stereocenters. The van der Waals surface area contributed by atoms with Gasteiger partial charge >= 0.3 is 0 Å². The van der Waals surface area contributed by atoms with Crippen LogP contribution < -0.4 is 5.73 Å². The van der Waals surface area contributed by atoms with Gasteiger partial charge in [-0.15, -0.1) is 0 Å². The Kier molecular flexibility index (Phi) is 5.60. The summed E-state index contributed by atoms with van der Waals surface area (Å²) in [6.45, 7) is 2.63. The molecule has 0 bridgehead atoms. The average Bonchev–Trinajstić information content (AvgIpc) is 3.42. The lowest BCUT2D eigenvalue weighted by Gasteiger charge is -2.45. The summed E-state index contributed by atoms with van der Waals surface area (Å²) in [4.78, 5) is 15.2.